The molecule has 0 saturated heterocycles. The van der Waals surface area contributed by atoms with Crippen LogP contribution < -0.4 is 0 Å². The van der Waals surface area contributed by atoms with Crippen LogP contribution in [0.15, 0.2) is 24.8 Å². The summed E-state index contributed by atoms with van der Waals surface area (Å²) < 4.78 is 0. The highest BCUT2D eigenvalue weighted by molar-refractivity contribution is 5.49. The van der Waals surface area contributed by atoms with Crippen LogP contribution in [0.1, 0.15) is 11.1 Å². The van der Waals surface area contributed by atoms with E-state index in [2.05, 4.69) is 12.7 Å². The number of hydrogen-bond acceptors (Lipinski definition) is 2. The van der Waals surface area contributed by atoms with E-state index in [4.69, 9.17) is 10.4 Å². The second-order valence-electron chi connectivity index (χ2n) is 1.99. The van der Waals surface area contributed by atoms with E-state index < -0.39 is 0 Å². The standard InChI is InChI=1S/C9H6NO/c1-2-7-4-3-5-9(11)8(7)6-10/h3-5,11H,1H2. The lowest BCUT2D eigenvalue weighted by Crippen LogP contribution is -1.82. The third-order valence-corrected chi connectivity index (χ3v) is 1.34. The minimum absolute atomic E-state index is 0.0267. The molecule has 0 aliphatic rings. The molecule has 2 nitrogen and oxygen atoms in total. The summed E-state index contributed by atoms with van der Waals surface area (Å²) in [6.07, 6.45) is 2.55. The number of benzene rings is 1. The Hall–Kier alpha value is -1.75. The Morgan fingerprint density at radius 1 is 1.45 bits per heavy atom. The maximum atomic E-state index is 9.13. The molecule has 0 aliphatic carbocycles. The van der Waals surface area contributed by atoms with Crippen LogP contribution in [0, 0.1) is 17.4 Å². The van der Waals surface area contributed by atoms with Gasteiger partial charge in [-0.05, 0) is 12.1 Å². The average molecular weight is 144 g/mol. The van der Waals surface area contributed by atoms with Crippen molar-refractivity contribution in [1.29, 1.82) is 5.26 Å². The fourth-order valence-corrected chi connectivity index (χ4v) is 0.805. The van der Waals surface area contributed by atoms with E-state index in [0.29, 0.717) is 5.56 Å². The number of aromatic hydroxyl groups is 1. The number of nitriles is 1. The van der Waals surface area contributed by atoms with Crippen molar-refractivity contribution in [3.63, 3.8) is 0 Å². The largest absolute Gasteiger partial charge is 0.507 e. The molecule has 0 bridgehead atoms. The summed E-state index contributed by atoms with van der Waals surface area (Å²) >= 11 is 0. The first-order chi connectivity index (χ1) is 5.29. The van der Waals surface area contributed by atoms with Crippen LogP contribution in [0.2, 0.25) is 0 Å². The van der Waals surface area contributed by atoms with E-state index in [1.165, 1.54) is 6.07 Å². The van der Waals surface area contributed by atoms with Crippen molar-refractivity contribution in [2.24, 2.45) is 0 Å². The summed E-state index contributed by atoms with van der Waals surface area (Å²) in [6.45, 7) is 3.39. The predicted octanol–water partition coefficient (Wildman–Crippen LogP) is 1.60. The molecule has 0 spiro atoms. The molecular weight excluding hydrogens is 138 g/mol. The van der Waals surface area contributed by atoms with Gasteiger partial charge in [-0.2, -0.15) is 5.26 Å². The zero-order valence-corrected chi connectivity index (χ0v) is 5.83. The Morgan fingerprint density at radius 3 is 2.64 bits per heavy atom. The molecule has 0 heterocycles. The quantitative estimate of drug-likeness (QED) is 0.650. The number of rotatable bonds is 1. The normalized spacial score (nSPS) is 8.64. The van der Waals surface area contributed by atoms with Gasteiger partial charge in [0.15, 0.2) is 0 Å². The third kappa shape index (κ3) is 1.22. The first-order valence-corrected chi connectivity index (χ1v) is 3.04. The summed E-state index contributed by atoms with van der Waals surface area (Å²) in [4.78, 5) is 0. The van der Waals surface area contributed by atoms with Crippen molar-refractivity contribution in [3.8, 4) is 11.8 Å². The van der Waals surface area contributed by atoms with E-state index in [1.54, 1.807) is 12.1 Å². The average Bonchev–Trinajstić information content (AvgIpc) is 2.04. The van der Waals surface area contributed by atoms with Crippen LogP contribution in [0.3, 0.4) is 0 Å². The molecule has 11 heavy (non-hydrogen) atoms. The zero-order chi connectivity index (χ0) is 8.27. The first kappa shape index (κ1) is 7.36. The molecule has 0 unspecified atom stereocenters. The molecule has 0 amide bonds. The molecule has 1 N–H and O–H groups in total. The maximum absolute atomic E-state index is 9.13. The number of nitrogens with zero attached hydrogens (tertiary/aromatic N) is 1. The number of phenols is 1. The topological polar surface area (TPSA) is 44.0 Å². The van der Waals surface area contributed by atoms with E-state index in [1.807, 2.05) is 6.07 Å². The predicted molar refractivity (Wildman–Crippen MR) is 40.8 cm³/mol. The van der Waals surface area contributed by atoms with Crippen LogP contribution in [-0.2, 0) is 0 Å². The van der Waals surface area contributed by atoms with Gasteiger partial charge in [0.05, 0.1) is 0 Å². The highest BCUT2D eigenvalue weighted by Gasteiger charge is 2.02. The molecule has 0 fully saturated rings. The van der Waals surface area contributed by atoms with E-state index in [9.17, 15) is 0 Å². The van der Waals surface area contributed by atoms with Gasteiger partial charge in [0, 0.05) is 5.56 Å². The lowest BCUT2D eigenvalue weighted by molar-refractivity contribution is 0.473. The molecule has 2 heteroatoms. The van der Waals surface area contributed by atoms with Gasteiger partial charge in [0.2, 0.25) is 0 Å². The second kappa shape index (κ2) is 2.89. The van der Waals surface area contributed by atoms with Crippen molar-refractivity contribution in [2.75, 3.05) is 0 Å². The van der Waals surface area contributed by atoms with Crippen molar-refractivity contribution in [1.82, 2.24) is 0 Å². The van der Waals surface area contributed by atoms with Crippen molar-refractivity contribution >= 4 is 0 Å². The van der Waals surface area contributed by atoms with Gasteiger partial charge in [-0.25, -0.2) is 0 Å². The SMILES string of the molecule is C=[C]c1cccc(O)c1C#N. The van der Waals surface area contributed by atoms with E-state index >= 15 is 0 Å². The van der Waals surface area contributed by atoms with Crippen molar-refractivity contribution in [3.05, 3.63) is 42.0 Å². The summed E-state index contributed by atoms with van der Waals surface area (Å²) in [5.41, 5.74) is 0.759. The van der Waals surface area contributed by atoms with Crippen molar-refractivity contribution < 1.29 is 5.11 Å². The Kier molecular flexibility index (Phi) is 1.93. The van der Waals surface area contributed by atoms with Crippen LogP contribution in [0.25, 0.3) is 0 Å². The molecule has 1 rings (SSSR count). The highest BCUT2D eigenvalue weighted by Crippen LogP contribution is 2.19. The first-order valence-electron chi connectivity index (χ1n) is 3.04. The molecule has 0 aromatic heterocycles. The molecule has 1 radical (unpaired) electrons. The van der Waals surface area contributed by atoms with Crippen LogP contribution in [0.4, 0.5) is 0 Å². The summed E-state index contributed by atoms with van der Waals surface area (Å²) in [5, 5.41) is 17.7. The molecule has 1 aromatic carbocycles. The molecule has 0 saturated carbocycles. The van der Waals surface area contributed by atoms with E-state index in [0.717, 1.165) is 0 Å². The molecule has 0 aliphatic heterocycles. The Balaban J connectivity index is 3.38. The maximum Gasteiger partial charge on any atom is 0.133 e. The van der Waals surface area contributed by atoms with Crippen LogP contribution in [0.5, 0.6) is 5.75 Å². The van der Waals surface area contributed by atoms with Gasteiger partial charge in [-0.3, -0.25) is 0 Å². The van der Waals surface area contributed by atoms with Gasteiger partial charge < -0.3 is 5.11 Å². The minimum Gasteiger partial charge on any atom is -0.507 e. The van der Waals surface area contributed by atoms with Crippen LogP contribution >= 0.6 is 0 Å². The Bertz CT molecular complexity index is 323. The molecule has 1 aromatic rings. The number of hydrogen-bond donors (Lipinski definition) is 1. The second-order valence-corrected chi connectivity index (χ2v) is 1.99. The lowest BCUT2D eigenvalue weighted by atomic mass is 10.1. The minimum atomic E-state index is -0.0267. The smallest absolute Gasteiger partial charge is 0.133 e. The fourth-order valence-electron chi connectivity index (χ4n) is 0.805. The van der Waals surface area contributed by atoms with Crippen LogP contribution in [-0.4, -0.2) is 5.11 Å². The summed E-state index contributed by atoms with van der Waals surface area (Å²) in [7, 11) is 0. The number of phenolic OH excluding ortho intramolecular Hbond substituents is 1. The monoisotopic (exact) mass is 144 g/mol. The highest BCUT2D eigenvalue weighted by atomic mass is 16.3. The Labute approximate surface area is 65.0 Å². The third-order valence-electron chi connectivity index (χ3n) is 1.34. The Morgan fingerprint density at radius 2 is 2.18 bits per heavy atom. The summed E-state index contributed by atoms with van der Waals surface area (Å²) in [5.74, 6) is -0.0267. The van der Waals surface area contributed by atoms with Gasteiger partial charge in [0.1, 0.15) is 17.4 Å². The summed E-state index contributed by atoms with van der Waals surface area (Å²) in [6, 6.07) is 6.63. The molecule has 53 valence electrons. The molecule has 0 atom stereocenters. The van der Waals surface area contributed by atoms with E-state index in [-0.39, 0.29) is 11.3 Å². The van der Waals surface area contributed by atoms with Gasteiger partial charge >= 0.3 is 0 Å². The fraction of sp³-hybridized carbons (Fsp3) is 0. The molecular formula is C9H6NO. The lowest BCUT2D eigenvalue weighted by Gasteiger charge is -1.97. The van der Waals surface area contributed by atoms with Crippen molar-refractivity contribution in [2.45, 2.75) is 0 Å². The zero-order valence-electron chi connectivity index (χ0n) is 5.83. The van der Waals surface area contributed by atoms with Gasteiger partial charge in [-0.15, -0.1) is 0 Å². The van der Waals surface area contributed by atoms with Gasteiger partial charge in [-0.1, -0.05) is 18.7 Å². The van der Waals surface area contributed by atoms with Gasteiger partial charge in [0.25, 0.3) is 0 Å².